The van der Waals surface area contributed by atoms with Gasteiger partial charge >= 0.3 is 0 Å². The third-order valence-corrected chi connectivity index (χ3v) is 4.44. The van der Waals surface area contributed by atoms with Gasteiger partial charge in [-0.15, -0.1) is 0 Å². The van der Waals surface area contributed by atoms with Crippen molar-refractivity contribution in [3.63, 3.8) is 0 Å². The summed E-state index contributed by atoms with van der Waals surface area (Å²) in [4.78, 5) is 12.1. The molecule has 2 unspecified atom stereocenters. The molecule has 1 aliphatic heterocycles. The molecule has 3 nitrogen and oxygen atoms in total. The van der Waals surface area contributed by atoms with E-state index in [1.807, 2.05) is 0 Å². The van der Waals surface area contributed by atoms with Crippen molar-refractivity contribution in [2.24, 2.45) is 0 Å². The highest BCUT2D eigenvalue weighted by molar-refractivity contribution is 5.83. The van der Waals surface area contributed by atoms with Crippen LogP contribution in [0.25, 0.3) is 10.8 Å². The zero-order valence-corrected chi connectivity index (χ0v) is 13.1. The van der Waals surface area contributed by atoms with Crippen LogP contribution in [0.2, 0.25) is 0 Å². The molecule has 0 bridgehead atoms. The monoisotopic (exact) mass is 296 g/mol. The van der Waals surface area contributed by atoms with Gasteiger partial charge < -0.3 is 10.6 Å². The van der Waals surface area contributed by atoms with E-state index in [-0.39, 0.29) is 5.91 Å². The predicted octanol–water partition coefficient (Wildman–Crippen LogP) is 3.03. The van der Waals surface area contributed by atoms with Crippen molar-refractivity contribution in [2.45, 2.75) is 44.7 Å². The predicted molar refractivity (Wildman–Crippen MR) is 90.9 cm³/mol. The topological polar surface area (TPSA) is 41.1 Å². The molecule has 2 aromatic rings. The fourth-order valence-electron chi connectivity index (χ4n) is 3.22. The lowest BCUT2D eigenvalue weighted by Crippen LogP contribution is -2.46. The Balaban J connectivity index is 1.53. The molecule has 116 valence electrons. The van der Waals surface area contributed by atoms with E-state index >= 15 is 0 Å². The van der Waals surface area contributed by atoms with E-state index in [4.69, 9.17) is 0 Å². The molecule has 0 radical (unpaired) electrons. The molecule has 1 saturated heterocycles. The van der Waals surface area contributed by atoms with Gasteiger partial charge in [0.15, 0.2) is 0 Å². The molecule has 0 saturated carbocycles. The Kier molecular flexibility index (Phi) is 4.74. The standard InChI is InChI=1S/C19H24N2O/c1-14-12-18(10-11-20-14)21-19(22)9-7-15-6-8-16-4-2-3-5-17(16)13-15/h2-6,8,13-14,18,20H,7,9-12H2,1H3,(H,21,22). The van der Waals surface area contributed by atoms with Gasteiger partial charge in [-0.05, 0) is 49.1 Å². The maximum Gasteiger partial charge on any atom is 0.220 e. The highest BCUT2D eigenvalue weighted by Gasteiger charge is 2.19. The van der Waals surface area contributed by atoms with Crippen LogP contribution in [-0.4, -0.2) is 24.5 Å². The van der Waals surface area contributed by atoms with Gasteiger partial charge in [0.25, 0.3) is 0 Å². The maximum absolute atomic E-state index is 12.1. The number of carbonyl (C=O) groups is 1. The van der Waals surface area contributed by atoms with Crippen LogP contribution in [-0.2, 0) is 11.2 Å². The van der Waals surface area contributed by atoms with Crippen molar-refractivity contribution in [1.82, 2.24) is 10.6 Å². The Hall–Kier alpha value is -1.87. The van der Waals surface area contributed by atoms with E-state index < -0.39 is 0 Å². The number of benzene rings is 2. The molecular formula is C19H24N2O. The molecule has 22 heavy (non-hydrogen) atoms. The van der Waals surface area contributed by atoms with Crippen molar-refractivity contribution in [3.05, 3.63) is 48.0 Å². The lowest BCUT2D eigenvalue weighted by atomic mass is 10.00. The van der Waals surface area contributed by atoms with E-state index in [2.05, 4.69) is 60.0 Å². The number of aryl methyl sites for hydroxylation is 1. The molecule has 2 N–H and O–H groups in total. The number of fused-ring (bicyclic) bond motifs is 1. The van der Waals surface area contributed by atoms with Gasteiger partial charge in [-0.2, -0.15) is 0 Å². The largest absolute Gasteiger partial charge is 0.353 e. The first-order valence-corrected chi connectivity index (χ1v) is 8.21. The van der Waals surface area contributed by atoms with Crippen LogP contribution < -0.4 is 10.6 Å². The highest BCUT2D eigenvalue weighted by Crippen LogP contribution is 2.16. The quantitative estimate of drug-likeness (QED) is 0.910. The van der Waals surface area contributed by atoms with Gasteiger partial charge in [0, 0.05) is 18.5 Å². The first-order chi connectivity index (χ1) is 10.7. The summed E-state index contributed by atoms with van der Waals surface area (Å²) in [7, 11) is 0. The molecular weight excluding hydrogens is 272 g/mol. The smallest absolute Gasteiger partial charge is 0.220 e. The first-order valence-electron chi connectivity index (χ1n) is 8.21. The van der Waals surface area contributed by atoms with Gasteiger partial charge in [-0.25, -0.2) is 0 Å². The van der Waals surface area contributed by atoms with Crippen molar-refractivity contribution in [2.75, 3.05) is 6.54 Å². The number of rotatable bonds is 4. The van der Waals surface area contributed by atoms with E-state index in [9.17, 15) is 4.79 Å². The second-order valence-corrected chi connectivity index (χ2v) is 6.33. The van der Waals surface area contributed by atoms with Crippen LogP contribution in [0.4, 0.5) is 0 Å². The van der Waals surface area contributed by atoms with Crippen LogP contribution >= 0.6 is 0 Å². The minimum atomic E-state index is 0.173. The Morgan fingerprint density at radius 1 is 1.23 bits per heavy atom. The van der Waals surface area contributed by atoms with Gasteiger partial charge in [-0.3, -0.25) is 4.79 Å². The summed E-state index contributed by atoms with van der Waals surface area (Å²) < 4.78 is 0. The molecule has 1 aliphatic rings. The van der Waals surface area contributed by atoms with Gasteiger partial charge in [0.1, 0.15) is 0 Å². The molecule has 3 rings (SSSR count). The Labute approximate surface area is 132 Å². The van der Waals surface area contributed by atoms with Crippen molar-refractivity contribution < 1.29 is 4.79 Å². The minimum Gasteiger partial charge on any atom is -0.353 e. The summed E-state index contributed by atoms with van der Waals surface area (Å²) in [5.74, 6) is 0.173. The molecule has 0 spiro atoms. The second-order valence-electron chi connectivity index (χ2n) is 6.33. The summed E-state index contributed by atoms with van der Waals surface area (Å²) >= 11 is 0. The van der Waals surface area contributed by atoms with Crippen molar-refractivity contribution >= 4 is 16.7 Å². The average Bonchev–Trinajstić information content (AvgIpc) is 2.53. The molecule has 2 atom stereocenters. The SMILES string of the molecule is CC1CC(NC(=O)CCc2ccc3ccccc3c2)CCN1. The van der Waals surface area contributed by atoms with Crippen LogP contribution in [0.1, 0.15) is 31.7 Å². The molecule has 0 aromatic heterocycles. The van der Waals surface area contributed by atoms with E-state index in [0.29, 0.717) is 18.5 Å². The van der Waals surface area contributed by atoms with Crippen LogP contribution in [0.15, 0.2) is 42.5 Å². The van der Waals surface area contributed by atoms with E-state index in [0.717, 1.165) is 25.8 Å². The molecule has 1 amide bonds. The fraction of sp³-hybridized carbons (Fsp3) is 0.421. The van der Waals surface area contributed by atoms with Gasteiger partial charge in [0.05, 0.1) is 0 Å². The maximum atomic E-state index is 12.1. The van der Waals surface area contributed by atoms with Crippen molar-refractivity contribution in [1.29, 1.82) is 0 Å². The summed E-state index contributed by atoms with van der Waals surface area (Å²) in [6.07, 6.45) is 3.43. The number of hydrogen-bond acceptors (Lipinski definition) is 2. The number of nitrogens with one attached hydrogen (secondary N) is 2. The zero-order valence-electron chi connectivity index (χ0n) is 13.1. The number of piperidine rings is 1. The van der Waals surface area contributed by atoms with Crippen LogP contribution in [0, 0.1) is 0 Å². The van der Waals surface area contributed by atoms with E-state index in [1.165, 1.54) is 16.3 Å². The molecule has 1 heterocycles. The first kappa shape index (κ1) is 15.0. The summed E-state index contributed by atoms with van der Waals surface area (Å²) in [6, 6.07) is 15.6. The summed E-state index contributed by atoms with van der Waals surface area (Å²) in [5.41, 5.74) is 1.23. The summed E-state index contributed by atoms with van der Waals surface area (Å²) in [6.45, 7) is 3.17. The van der Waals surface area contributed by atoms with Gasteiger partial charge in [-0.1, -0.05) is 42.5 Å². The number of amides is 1. The Morgan fingerprint density at radius 2 is 2.05 bits per heavy atom. The minimum absolute atomic E-state index is 0.173. The zero-order chi connectivity index (χ0) is 15.4. The molecule has 0 aliphatic carbocycles. The van der Waals surface area contributed by atoms with Crippen LogP contribution in [0.3, 0.4) is 0 Å². The number of carbonyl (C=O) groups excluding carboxylic acids is 1. The fourth-order valence-corrected chi connectivity index (χ4v) is 3.22. The van der Waals surface area contributed by atoms with Gasteiger partial charge in [0.2, 0.25) is 5.91 Å². The van der Waals surface area contributed by atoms with Crippen LogP contribution in [0.5, 0.6) is 0 Å². The molecule has 2 aromatic carbocycles. The lowest BCUT2D eigenvalue weighted by Gasteiger charge is -2.28. The average molecular weight is 296 g/mol. The van der Waals surface area contributed by atoms with E-state index in [1.54, 1.807) is 0 Å². The van der Waals surface area contributed by atoms with Crippen molar-refractivity contribution in [3.8, 4) is 0 Å². The second kappa shape index (κ2) is 6.93. The summed E-state index contributed by atoms with van der Waals surface area (Å²) in [5, 5.41) is 9.08. The molecule has 3 heteroatoms. The highest BCUT2D eigenvalue weighted by atomic mass is 16.1. The normalized spacial score (nSPS) is 21.7. The third-order valence-electron chi connectivity index (χ3n) is 4.44. The lowest BCUT2D eigenvalue weighted by molar-refractivity contribution is -0.122. The molecule has 1 fully saturated rings. The number of hydrogen-bond donors (Lipinski definition) is 2. The Morgan fingerprint density at radius 3 is 2.86 bits per heavy atom. The Bertz CT molecular complexity index is 653. The third kappa shape index (κ3) is 3.86.